The molecule has 12 heavy (non-hydrogen) atoms. The summed E-state index contributed by atoms with van der Waals surface area (Å²) < 4.78 is 0. The van der Waals surface area contributed by atoms with Crippen LogP contribution in [0.15, 0.2) is 30.4 Å². The van der Waals surface area contributed by atoms with E-state index in [0.717, 1.165) is 11.4 Å². The van der Waals surface area contributed by atoms with Gasteiger partial charge in [0.1, 0.15) is 0 Å². The highest BCUT2D eigenvalue weighted by molar-refractivity contribution is 6.31. The van der Waals surface area contributed by atoms with Crippen molar-refractivity contribution in [1.82, 2.24) is 0 Å². The maximum atomic E-state index is 5.97. The third-order valence-electron chi connectivity index (χ3n) is 1.95. The van der Waals surface area contributed by atoms with Gasteiger partial charge in [0.2, 0.25) is 0 Å². The van der Waals surface area contributed by atoms with Crippen LogP contribution in [0.4, 0.5) is 0 Å². The number of hydrogen-bond donors (Lipinski definition) is 0. The molecule has 1 aromatic carbocycles. The fraction of sp³-hybridized carbons (Fsp3) is 0.273. The van der Waals surface area contributed by atoms with Gasteiger partial charge in [0, 0.05) is 5.02 Å². The Kier molecular flexibility index (Phi) is 3.36. The number of hydrogen-bond acceptors (Lipinski definition) is 0. The molecular formula is C11H13Cl. The second kappa shape index (κ2) is 4.32. The van der Waals surface area contributed by atoms with E-state index in [-0.39, 0.29) is 0 Å². The Labute approximate surface area is 78.9 Å². The first kappa shape index (κ1) is 9.34. The molecule has 0 nitrogen and oxygen atoms in total. The van der Waals surface area contributed by atoms with Crippen LogP contribution in [-0.2, 0) is 6.42 Å². The van der Waals surface area contributed by atoms with Crippen molar-refractivity contribution in [1.29, 1.82) is 0 Å². The molecule has 0 aromatic heterocycles. The first-order valence-corrected chi connectivity index (χ1v) is 4.48. The molecular weight excluding hydrogens is 168 g/mol. The molecule has 0 N–H and O–H groups in total. The van der Waals surface area contributed by atoms with Gasteiger partial charge in [0.25, 0.3) is 0 Å². The second-order valence-electron chi connectivity index (χ2n) is 2.80. The molecule has 0 radical (unpaired) electrons. The van der Waals surface area contributed by atoms with Crippen LogP contribution >= 0.6 is 11.6 Å². The molecule has 1 rings (SSSR count). The molecule has 64 valence electrons. The molecule has 0 aliphatic rings. The monoisotopic (exact) mass is 180 g/mol. The van der Waals surface area contributed by atoms with Crippen LogP contribution < -0.4 is 0 Å². The first-order chi connectivity index (χ1) is 5.75. The van der Waals surface area contributed by atoms with Crippen molar-refractivity contribution in [3.8, 4) is 0 Å². The molecule has 1 aromatic rings. The molecule has 0 heterocycles. The Morgan fingerprint density at radius 3 is 2.83 bits per heavy atom. The van der Waals surface area contributed by atoms with Gasteiger partial charge in [-0.15, -0.1) is 0 Å². The van der Waals surface area contributed by atoms with E-state index in [1.807, 2.05) is 19.1 Å². The van der Waals surface area contributed by atoms with Crippen molar-refractivity contribution >= 4 is 11.6 Å². The summed E-state index contributed by atoms with van der Waals surface area (Å²) in [6.07, 6.45) is 5.17. The fourth-order valence-corrected chi connectivity index (χ4v) is 1.31. The minimum absolute atomic E-state index is 0.858. The highest BCUT2D eigenvalue weighted by Gasteiger charge is 1.98. The van der Waals surface area contributed by atoms with Crippen molar-refractivity contribution in [2.24, 2.45) is 0 Å². The van der Waals surface area contributed by atoms with E-state index in [1.54, 1.807) is 0 Å². The van der Waals surface area contributed by atoms with Crippen molar-refractivity contribution in [3.63, 3.8) is 0 Å². The van der Waals surface area contributed by atoms with Crippen LogP contribution in [0.3, 0.4) is 0 Å². The van der Waals surface area contributed by atoms with Crippen LogP contribution in [0.1, 0.15) is 18.1 Å². The number of allylic oxidation sites excluding steroid dienone is 2. The zero-order valence-electron chi connectivity index (χ0n) is 7.47. The van der Waals surface area contributed by atoms with Crippen molar-refractivity contribution in [2.75, 3.05) is 0 Å². The average molecular weight is 181 g/mol. The van der Waals surface area contributed by atoms with E-state index in [0.29, 0.717) is 0 Å². The van der Waals surface area contributed by atoms with E-state index < -0.39 is 0 Å². The van der Waals surface area contributed by atoms with E-state index in [1.165, 1.54) is 11.1 Å². The Morgan fingerprint density at radius 2 is 2.17 bits per heavy atom. The van der Waals surface area contributed by atoms with Gasteiger partial charge in [-0.2, -0.15) is 0 Å². The highest BCUT2D eigenvalue weighted by atomic mass is 35.5. The summed E-state index contributed by atoms with van der Waals surface area (Å²) >= 11 is 5.97. The third-order valence-corrected chi connectivity index (χ3v) is 2.36. The Hall–Kier alpha value is -0.750. The number of rotatable bonds is 2. The van der Waals surface area contributed by atoms with E-state index in [2.05, 4.69) is 25.1 Å². The Bertz CT molecular complexity index is 287. The van der Waals surface area contributed by atoms with E-state index in [4.69, 9.17) is 11.6 Å². The largest absolute Gasteiger partial charge is 0.0913 e. The van der Waals surface area contributed by atoms with Crippen LogP contribution in [0, 0.1) is 6.92 Å². The first-order valence-electron chi connectivity index (χ1n) is 4.11. The number of benzene rings is 1. The summed E-state index contributed by atoms with van der Waals surface area (Å²) in [5, 5.41) is 0.858. The van der Waals surface area contributed by atoms with Gasteiger partial charge in [-0.25, -0.2) is 0 Å². The van der Waals surface area contributed by atoms with Crippen molar-refractivity contribution in [2.45, 2.75) is 20.3 Å². The topological polar surface area (TPSA) is 0 Å². The zero-order chi connectivity index (χ0) is 8.97. The van der Waals surface area contributed by atoms with Crippen LogP contribution in [-0.4, -0.2) is 0 Å². The van der Waals surface area contributed by atoms with Crippen LogP contribution in [0.25, 0.3) is 0 Å². The number of halogens is 1. The molecule has 0 fully saturated rings. The highest BCUT2D eigenvalue weighted by Crippen LogP contribution is 2.19. The van der Waals surface area contributed by atoms with E-state index in [9.17, 15) is 0 Å². The zero-order valence-corrected chi connectivity index (χ0v) is 8.23. The average Bonchev–Trinajstić information content (AvgIpc) is 2.08. The molecule has 0 aliphatic heterocycles. The minimum atomic E-state index is 0.858. The van der Waals surface area contributed by atoms with Crippen LogP contribution in [0.5, 0.6) is 0 Å². The summed E-state index contributed by atoms with van der Waals surface area (Å²) in [7, 11) is 0. The molecule has 0 spiro atoms. The van der Waals surface area contributed by atoms with Gasteiger partial charge in [-0.3, -0.25) is 0 Å². The normalized spacial score (nSPS) is 10.9. The summed E-state index contributed by atoms with van der Waals surface area (Å²) in [6, 6.07) is 6.03. The minimum Gasteiger partial charge on any atom is -0.0913 e. The maximum Gasteiger partial charge on any atom is 0.0438 e. The second-order valence-corrected chi connectivity index (χ2v) is 3.20. The van der Waals surface area contributed by atoms with Gasteiger partial charge in [-0.05, 0) is 37.5 Å². The molecule has 0 saturated carbocycles. The Morgan fingerprint density at radius 1 is 1.42 bits per heavy atom. The molecule has 0 aliphatic carbocycles. The van der Waals surface area contributed by atoms with Gasteiger partial charge in [0.15, 0.2) is 0 Å². The van der Waals surface area contributed by atoms with Crippen LogP contribution in [0.2, 0.25) is 5.02 Å². The lowest BCUT2D eigenvalue weighted by molar-refractivity contribution is 1.21. The predicted octanol–water partition coefficient (Wildman–Crippen LogP) is 3.77. The standard InChI is InChI=1S/C11H13Cl/c1-3-4-6-10-7-5-8-11(12)9(10)2/h3-5,7-8H,6H2,1-2H3. The smallest absolute Gasteiger partial charge is 0.0438 e. The third kappa shape index (κ3) is 2.12. The molecule has 0 unspecified atom stereocenters. The molecule has 1 heteroatoms. The lowest BCUT2D eigenvalue weighted by Crippen LogP contribution is -1.86. The quantitative estimate of drug-likeness (QED) is 0.608. The lowest BCUT2D eigenvalue weighted by Gasteiger charge is -2.03. The molecule has 0 atom stereocenters. The summed E-state index contributed by atoms with van der Waals surface area (Å²) in [5.74, 6) is 0. The lowest BCUT2D eigenvalue weighted by atomic mass is 10.1. The van der Waals surface area contributed by atoms with Crippen molar-refractivity contribution < 1.29 is 0 Å². The SMILES string of the molecule is CC=CCc1cccc(Cl)c1C. The van der Waals surface area contributed by atoms with E-state index >= 15 is 0 Å². The maximum absolute atomic E-state index is 5.97. The predicted molar refractivity (Wildman–Crippen MR) is 54.7 cm³/mol. The van der Waals surface area contributed by atoms with Gasteiger partial charge >= 0.3 is 0 Å². The molecule has 0 bridgehead atoms. The molecule has 0 saturated heterocycles. The Balaban J connectivity index is 2.92. The van der Waals surface area contributed by atoms with Crippen molar-refractivity contribution in [3.05, 3.63) is 46.5 Å². The summed E-state index contributed by atoms with van der Waals surface area (Å²) in [5.41, 5.74) is 2.50. The molecule has 0 amide bonds. The fourth-order valence-electron chi connectivity index (χ4n) is 1.12. The van der Waals surface area contributed by atoms with Gasteiger partial charge < -0.3 is 0 Å². The summed E-state index contributed by atoms with van der Waals surface area (Å²) in [4.78, 5) is 0. The summed E-state index contributed by atoms with van der Waals surface area (Å²) in [6.45, 7) is 4.08. The van der Waals surface area contributed by atoms with Gasteiger partial charge in [-0.1, -0.05) is 35.9 Å². The van der Waals surface area contributed by atoms with Gasteiger partial charge in [0.05, 0.1) is 0 Å².